The molecule has 2 aromatic carbocycles. The minimum atomic E-state index is -1.47. The van der Waals surface area contributed by atoms with Gasteiger partial charge in [-0.05, 0) is 106 Å². The van der Waals surface area contributed by atoms with Crippen LogP contribution in [0.2, 0.25) is 0 Å². The van der Waals surface area contributed by atoms with Crippen molar-refractivity contribution < 1.29 is 43.2 Å². The molecule has 1 amide bonds. The number of aliphatic hydroxyl groups excluding tert-OH is 2. The van der Waals surface area contributed by atoms with Gasteiger partial charge in [-0.25, -0.2) is 9.18 Å². The molecule has 2 aliphatic carbocycles. The molecule has 5 rings (SSSR count). The number of allylic oxidation sites excluding steroid dienone is 1. The Morgan fingerprint density at radius 3 is 2.20 bits per heavy atom. The zero-order valence-electron chi connectivity index (χ0n) is 40.0. The van der Waals surface area contributed by atoms with Gasteiger partial charge in [-0.15, -0.1) is 6.58 Å². The first-order valence-electron chi connectivity index (χ1n) is 24.7. The lowest BCUT2D eigenvalue weighted by atomic mass is 9.55. The number of amides is 1. The van der Waals surface area contributed by atoms with Crippen LogP contribution in [-0.2, 0) is 20.9 Å². The summed E-state index contributed by atoms with van der Waals surface area (Å²) in [5, 5.41) is 24.8. The Morgan fingerprint density at radius 1 is 0.892 bits per heavy atom. The molecule has 360 valence electrons. The molecule has 0 spiro atoms. The Hall–Kier alpha value is -4.19. The van der Waals surface area contributed by atoms with Crippen molar-refractivity contribution in [1.29, 1.82) is 0 Å². The van der Waals surface area contributed by atoms with Gasteiger partial charge in [0.25, 0.3) is 0 Å². The molecule has 1 heterocycles. The summed E-state index contributed by atoms with van der Waals surface area (Å²) in [6.45, 7) is 17.0. The van der Waals surface area contributed by atoms with Crippen molar-refractivity contribution in [1.82, 2.24) is 4.90 Å². The summed E-state index contributed by atoms with van der Waals surface area (Å²) in [6, 6.07) is 11.3. The molecule has 2 aromatic rings. The van der Waals surface area contributed by atoms with Crippen LogP contribution in [0, 0.1) is 23.6 Å². The van der Waals surface area contributed by atoms with Crippen LogP contribution < -0.4 is 9.47 Å². The number of carbonyl (C=O) groups excluding carboxylic acids is 1. The van der Waals surface area contributed by atoms with Gasteiger partial charge < -0.3 is 34.0 Å². The number of nitrogens with zero attached hydrogens (tertiary/aromatic N) is 2. The van der Waals surface area contributed by atoms with Gasteiger partial charge in [0.1, 0.15) is 35.6 Å². The number of oxime groups is 1. The fraction of sp³-hybridized carbons (Fsp3) is 0.630. The third-order valence-electron chi connectivity index (χ3n) is 13.0. The maximum atomic E-state index is 14.9. The minimum Gasteiger partial charge on any atom is -0.490 e. The van der Waals surface area contributed by atoms with Crippen molar-refractivity contribution >= 4 is 11.8 Å². The van der Waals surface area contributed by atoms with E-state index in [0.29, 0.717) is 36.7 Å². The monoisotopic (exact) mass is 903 g/mol. The number of hydrogen-bond acceptors (Lipinski definition) is 9. The number of fused-ring (bicyclic) bond motifs is 2. The van der Waals surface area contributed by atoms with Crippen LogP contribution in [-0.4, -0.2) is 77.4 Å². The highest BCUT2D eigenvalue weighted by molar-refractivity contribution is 6.03. The van der Waals surface area contributed by atoms with Gasteiger partial charge in [0.2, 0.25) is 5.79 Å². The van der Waals surface area contributed by atoms with E-state index in [4.69, 9.17) is 28.9 Å². The second-order valence-corrected chi connectivity index (χ2v) is 19.1. The first kappa shape index (κ1) is 51.8. The number of aliphatic hydroxyl groups is 2. The summed E-state index contributed by atoms with van der Waals surface area (Å²) >= 11 is 0. The van der Waals surface area contributed by atoms with Gasteiger partial charge in [0.05, 0.1) is 24.8 Å². The third-order valence-corrected chi connectivity index (χ3v) is 13.0. The normalized spacial score (nSPS) is 22.8. The predicted molar refractivity (Wildman–Crippen MR) is 257 cm³/mol. The molecule has 0 aromatic heterocycles. The molecule has 6 unspecified atom stereocenters. The maximum Gasteiger partial charge on any atom is 0.410 e. The largest absolute Gasteiger partial charge is 0.490 e. The van der Waals surface area contributed by atoms with Crippen LogP contribution in [0.3, 0.4) is 0 Å². The lowest BCUT2D eigenvalue weighted by molar-refractivity contribution is -0.256. The van der Waals surface area contributed by atoms with Crippen LogP contribution >= 0.6 is 0 Å². The van der Waals surface area contributed by atoms with Crippen LogP contribution in [0.4, 0.5) is 9.18 Å². The first-order valence-corrected chi connectivity index (χ1v) is 24.7. The van der Waals surface area contributed by atoms with E-state index < -0.39 is 29.4 Å². The van der Waals surface area contributed by atoms with E-state index in [1.54, 1.807) is 29.2 Å². The summed E-state index contributed by atoms with van der Waals surface area (Å²) in [5.74, 6) is -1.12. The third kappa shape index (κ3) is 14.4. The Kier molecular flexibility index (Phi) is 20.9. The van der Waals surface area contributed by atoms with E-state index in [1.807, 2.05) is 32.9 Å². The van der Waals surface area contributed by atoms with E-state index in [1.165, 1.54) is 57.1 Å². The van der Waals surface area contributed by atoms with Crippen molar-refractivity contribution in [2.45, 2.75) is 167 Å². The fourth-order valence-electron chi connectivity index (χ4n) is 10.0. The highest BCUT2D eigenvalue weighted by atomic mass is 19.1. The minimum absolute atomic E-state index is 0.0513. The molecule has 1 aliphatic heterocycles. The Labute approximate surface area is 389 Å². The molecular weight excluding hydrogens is 824 g/mol. The fourth-order valence-corrected chi connectivity index (χ4v) is 10.0. The van der Waals surface area contributed by atoms with Crippen molar-refractivity contribution in [2.75, 3.05) is 33.0 Å². The number of carbonyl (C=O) groups is 1. The Balaban J connectivity index is 1.64. The van der Waals surface area contributed by atoms with Crippen LogP contribution in [0.15, 0.2) is 84.6 Å². The quantitative estimate of drug-likeness (QED) is 0.0471. The Bertz CT molecular complexity index is 1840. The van der Waals surface area contributed by atoms with Crippen LogP contribution in [0.25, 0.3) is 0 Å². The second-order valence-electron chi connectivity index (χ2n) is 19.1. The number of rotatable bonds is 29. The van der Waals surface area contributed by atoms with E-state index in [2.05, 4.69) is 32.2 Å². The molecule has 3 aliphatic rings. The molecule has 1 saturated carbocycles. The number of unbranched alkanes of at least 4 members (excludes halogenated alkanes) is 11. The molecule has 0 saturated heterocycles. The SMILES string of the molecule is C=CCOc1ccc2c(c1)C1C(CCCCO)C(CCCCO)C=C3C(=NOC(C)(C)C)CC(N(Cc4ccc(F)cc4)C(=O)OCCCCCCCCCCCC)C(OCC=C)(O2)C31. The molecule has 1 fully saturated rings. The summed E-state index contributed by atoms with van der Waals surface area (Å²) < 4.78 is 41.2. The number of benzene rings is 2. The lowest BCUT2D eigenvalue weighted by Crippen LogP contribution is -2.70. The van der Waals surface area contributed by atoms with Crippen LogP contribution in [0.1, 0.15) is 154 Å². The molecule has 0 radical (unpaired) electrons. The number of halogens is 1. The molecule has 2 N–H and O–H groups in total. The Morgan fingerprint density at radius 2 is 1.55 bits per heavy atom. The van der Waals surface area contributed by atoms with Gasteiger partial charge in [-0.1, -0.05) is 120 Å². The number of hydrogen-bond donors (Lipinski definition) is 2. The highest BCUT2D eigenvalue weighted by Crippen LogP contribution is 2.62. The molecular formula is C54H79FN2O8. The summed E-state index contributed by atoms with van der Waals surface area (Å²) in [6.07, 6.45) is 21.6. The van der Waals surface area contributed by atoms with E-state index in [0.717, 1.165) is 61.6 Å². The molecule has 65 heavy (non-hydrogen) atoms. The van der Waals surface area contributed by atoms with Gasteiger partial charge in [-0.2, -0.15) is 0 Å². The van der Waals surface area contributed by atoms with Gasteiger partial charge in [0, 0.05) is 37.7 Å². The van der Waals surface area contributed by atoms with E-state index in [-0.39, 0.29) is 63.0 Å². The molecule has 6 atom stereocenters. The predicted octanol–water partition coefficient (Wildman–Crippen LogP) is 12.4. The van der Waals surface area contributed by atoms with Gasteiger partial charge in [-0.3, -0.25) is 4.90 Å². The van der Waals surface area contributed by atoms with E-state index in [9.17, 15) is 19.4 Å². The second kappa shape index (κ2) is 26.2. The van der Waals surface area contributed by atoms with Crippen molar-refractivity contribution in [3.05, 3.63) is 96.4 Å². The zero-order chi connectivity index (χ0) is 46.7. The average molecular weight is 903 g/mol. The van der Waals surface area contributed by atoms with Crippen molar-refractivity contribution in [3.63, 3.8) is 0 Å². The lowest BCUT2D eigenvalue weighted by Gasteiger charge is -2.60. The molecule has 10 nitrogen and oxygen atoms in total. The van der Waals surface area contributed by atoms with Gasteiger partial charge >= 0.3 is 6.09 Å². The van der Waals surface area contributed by atoms with Crippen LogP contribution in [0.5, 0.6) is 11.5 Å². The first-order chi connectivity index (χ1) is 31.5. The smallest absolute Gasteiger partial charge is 0.410 e. The van der Waals surface area contributed by atoms with Gasteiger partial charge in [0.15, 0.2) is 0 Å². The van der Waals surface area contributed by atoms with E-state index >= 15 is 0 Å². The standard InChI is InChI=1S/C54H79FN2O8/c1-7-10-11-12-13-14-15-16-17-22-35-62-52(60)57(39-40-25-27-42(55)28-26-40)49-38-47(56-65-53(4,5)6)45-36-41(23-18-20-31-58)44(24-19-21-32-59)50-46-37-43(61-33-8-2)29-30-48(46)64-54(49,51(45)50)63-34-9-3/h8-9,25-30,36-37,41,44,49-51,58-59H,2-3,7,10-24,31-35,38-39H2,1,4-6H3. The topological polar surface area (TPSA) is 119 Å². The maximum absolute atomic E-state index is 14.9. The molecule has 11 heteroatoms. The summed E-state index contributed by atoms with van der Waals surface area (Å²) in [5.41, 5.74) is 2.70. The summed E-state index contributed by atoms with van der Waals surface area (Å²) in [4.78, 5) is 22.9. The zero-order valence-corrected chi connectivity index (χ0v) is 40.0. The van der Waals surface area contributed by atoms with Crippen molar-refractivity contribution in [2.24, 2.45) is 22.9 Å². The molecule has 0 bridgehead atoms. The van der Waals surface area contributed by atoms with Crippen molar-refractivity contribution in [3.8, 4) is 11.5 Å². The number of ether oxygens (including phenoxy) is 4. The highest BCUT2D eigenvalue weighted by Gasteiger charge is 2.65. The average Bonchev–Trinajstić information content (AvgIpc) is 3.29. The summed E-state index contributed by atoms with van der Waals surface area (Å²) in [7, 11) is 0.